The fourth-order valence-corrected chi connectivity index (χ4v) is 2.15. The van der Waals surface area contributed by atoms with Gasteiger partial charge in [0.15, 0.2) is 0 Å². The molecule has 3 atom stereocenters. The van der Waals surface area contributed by atoms with Crippen molar-refractivity contribution in [3.05, 3.63) is 0 Å². The predicted molar refractivity (Wildman–Crippen MR) is 61.1 cm³/mol. The zero-order chi connectivity index (χ0) is 11.3. The highest BCUT2D eigenvalue weighted by Crippen LogP contribution is 2.20. The molecule has 1 fully saturated rings. The van der Waals surface area contributed by atoms with Gasteiger partial charge in [0.2, 0.25) is 12.3 Å². The molecule has 1 aliphatic heterocycles. The van der Waals surface area contributed by atoms with Crippen molar-refractivity contribution < 1.29 is 9.59 Å². The molecule has 0 radical (unpaired) electrons. The molecule has 6 heteroatoms. The lowest BCUT2D eigenvalue weighted by atomic mass is 10.00. The Morgan fingerprint density at radius 1 is 1.67 bits per heavy atom. The molecule has 0 aromatic carbocycles. The van der Waals surface area contributed by atoms with Crippen LogP contribution in [0.2, 0.25) is 0 Å². The molecule has 86 valence electrons. The molecule has 0 aliphatic carbocycles. The highest BCUT2D eigenvalue weighted by Gasteiger charge is 2.26. The number of carbonyl (C=O) groups is 2. The fourth-order valence-electron chi connectivity index (χ4n) is 1.75. The van der Waals surface area contributed by atoms with E-state index in [1.165, 1.54) is 0 Å². The third-order valence-electron chi connectivity index (χ3n) is 2.73. The van der Waals surface area contributed by atoms with Gasteiger partial charge in [-0.05, 0) is 19.8 Å². The van der Waals surface area contributed by atoms with E-state index in [9.17, 15) is 9.59 Å². The summed E-state index contributed by atoms with van der Waals surface area (Å²) in [6, 6.07) is 0.501. The summed E-state index contributed by atoms with van der Waals surface area (Å²) in [5.41, 5.74) is 0. The Morgan fingerprint density at radius 2 is 2.40 bits per heavy atom. The van der Waals surface area contributed by atoms with E-state index >= 15 is 0 Å². The van der Waals surface area contributed by atoms with Gasteiger partial charge in [-0.15, -0.1) is 0 Å². The summed E-state index contributed by atoms with van der Waals surface area (Å²) in [6.45, 7) is 3.19. The Kier molecular flexibility index (Phi) is 4.99. The van der Waals surface area contributed by atoms with Crippen molar-refractivity contribution in [1.29, 1.82) is 0 Å². The Morgan fingerprint density at radius 3 is 3.07 bits per heavy atom. The van der Waals surface area contributed by atoms with Gasteiger partial charge in [0, 0.05) is 18.6 Å². The van der Waals surface area contributed by atoms with Crippen LogP contribution in [0.1, 0.15) is 19.8 Å². The molecule has 2 N–H and O–H groups in total. The minimum atomic E-state index is -0.126. The van der Waals surface area contributed by atoms with Crippen LogP contribution in [0.15, 0.2) is 0 Å². The van der Waals surface area contributed by atoms with Crippen molar-refractivity contribution in [1.82, 2.24) is 15.3 Å². The Bertz CT molecular complexity index is 237. The number of carbonyl (C=O) groups excluding carboxylic acids is 2. The number of hydrogen-bond donors (Lipinski definition) is 2. The van der Waals surface area contributed by atoms with Gasteiger partial charge in [-0.3, -0.25) is 14.3 Å². The van der Waals surface area contributed by atoms with Crippen LogP contribution < -0.4 is 10.6 Å². The molecule has 3 unspecified atom stereocenters. The molecule has 1 aliphatic rings. The summed E-state index contributed by atoms with van der Waals surface area (Å²) in [7, 11) is 2.68. The summed E-state index contributed by atoms with van der Waals surface area (Å²) in [4.78, 5) is 21.4. The smallest absolute Gasteiger partial charge is 0.239 e. The second-order valence-corrected chi connectivity index (χ2v) is 4.46. The molecule has 2 amide bonds. The normalized spacial score (nSPS) is 27.1. The van der Waals surface area contributed by atoms with E-state index in [1.54, 1.807) is 0 Å². The maximum Gasteiger partial charge on any atom is 0.239 e. The van der Waals surface area contributed by atoms with Crippen molar-refractivity contribution in [3.63, 3.8) is 0 Å². The maximum atomic E-state index is 11.4. The molecule has 1 heterocycles. The lowest BCUT2D eigenvalue weighted by Crippen LogP contribution is -2.52. The van der Waals surface area contributed by atoms with Gasteiger partial charge in [0.25, 0.3) is 0 Å². The number of amides is 2. The van der Waals surface area contributed by atoms with E-state index in [2.05, 4.69) is 31.6 Å². The molecular weight excluding hydrogens is 213 g/mol. The molecule has 15 heavy (non-hydrogen) atoms. The van der Waals surface area contributed by atoms with Gasteiger partial charge in [-0.25, -0.2) is 0 Å². The third kappa shape index (κ3) is 3.76. The zero-order valence-electron chi connectivity index (χ0n) is 8.90. The molecule has 0 aromatic heterocycles. The topological polar surface area (TPSA) is 61.4 Å². The van der Waals surface area contributed by atoms with Gasteiger partial charge < -0.3 is 10.6 Å². The second-order valence-electron chi connectivity index (χ2n) is 3.79. The first kappa shape index (κ1) is 12.4. The van der Waals surface area contributed by atoms with Crippen LogP contribution in [0.3, 0.4) is 0 Å². The van der Waals surface area contributed by atoms with E-state index in [0.29, 0.717) is 12.5 Å². The highest BCUT2D eigenvalue weighted by atomic mass is 31.0. The minimum Gasteiger partial charge on any atom is -0.350 e. The Labute approximate surface area is 92.2 Å². The fraction of sp³-hybridized carbons (Fsp3) is 0.778. The molecule has 0 bridgehead atoms. The monoisotopic (exact) mass is 231 g/mol. The first-order valence-corrected chi connectivity index (χ1v) is 5.64. The molecule has 0 saturated carbocycles. The van der Waals surface area contributed by atoms with Crippen molar-refractivity contribution in [3.8, 4) is 0 Å². The quantitative estimate of drug-likeness (QED) is 0.506. The largest absolute Gasteiger partial charge is 0.350 e. The van der Waals surface area contributed by atoms with Crippen molar-refractivity contribution >= 4 is 21.7 Å². The minimum absolute atomic E-state index is 0.0591. The van der Waals surface area contributed by atoms with Crippen molar-refractivity contribution in [2.45, 2.75) is 31.8 Å². The average molecular weight is 231 g/mol. The molecule has 5 nitrogen and oxygen atoms in total. The molecule has 1 saturated heterocycles. The average Bonchev–Trinajstić information content (AvgIpc) is 2.22. The van der Waals surface area contributed by atoms with E-state index < -0.39 is 0 Å². The van der Waals surface area contributed by atoms with Crippen LogP contribution in [0, 0.1) is 0 Å². The van der Waals surface area contributed by atoms with E-state index in [1.807, 2.05) is 0 Å². The first-order chi connectivity index (χ1) is 7.15. The third-order valence-corrected chi connectivity index (χ3v) is 3.46. The highest BCUT2D eigenvalue weighted by molar-refractivity contribution is 7.13. The summed E-state index contributed by atoms with van der Waals surface area (Å²) < 4.78 is 2.15. The van der Waals surface area contributed by atoms with Crippen LogP contribution in [0.25, 0.3) is 0 Å². The standard InChI is InChI=1S/C9H18N3O2P/c1-7-8(3-2-4-12(7)15)11-9(14)5-10-6-13/h6-8H,2-5,15H2,1H3,(H,10,13)(H,11,14). The lowest BCUT2D eigenvalue weighted by Gasteiger charge is -2.36. The first-order valence-electron chi connectivity index (χ1n) is 5.13. The Balaban J connectivity index is 2.36. The predicted octanol–water partition coefficient (Wildman–Crippen LogP) is -0.508. The van der Waals surface area contributed by atoms with Crippen LogP contribution in [0.5, 0.6) is 0 Å². The summed E-state index contributed by atoms with van der Waals surface area (Å²) in [6.07, 6.45) is 2.62. The van der Waals surface area contributed by atoms with E-state index in [4.69, 9.17) is 0 Å². The summed E-state index contributed by atoms with van der Waals surface area (Å²) in [5, 5.41) is 5.27. The number of nitrogens with one attached hydrogen (secondary N) is 2. The van der Waals surface area contributed by atoms with Crippen LogP contribution >= 0.6 is 9.39 Å². The van der Waals surface area contributed by atoms with Gasteiger partial charge in [-0.1, -0.05) is 9.39 Å². The Hall–Kier alpha value is -0.670. The van der Waals surface area contributed by atoms with Gasteiger partial charge in [0.1, 0.15) is 0 Å². The van der Waals surface area contributed by atoms with E-state index in [-0.39, 0.29) is 18.5 Å². The maximum absolute atomic E-state index is 11.4. The number of rotatable bonds is 4. The number of hydrogen-bond acceptors (Lipinski definition) is 3. The number of piperidine rings is 1. The molecule has 0 aromatic rings. The van der Waals surface area contributed by atoms with Crippen LogP contribution in [0.4, 0.5) is 0 Å². The number of nitrogens with zero attached hydrogens (tertiary/aromatic N) is 1. The van der Waals surface area contributed by atoms with E-state index in [0.717, 1.165) is 19.4 Å². The van der Waals surface area contributed by atoms with Crippen molar-refractivity contribution in [2.24, 2.45) is 0 Å². The SMILES string of the molecule is CC1C(NC(=O)CNC=O)CCCN1P. The summed E-state index contributed by atoms with van der Waals surface area (Å²) in [5.74, 6) is -0.126. The van der Waals surface area contributed by atoms with Crippen LogP contribution in [-0.4, -0.2) is 42.2 Å². The summed E-state index contributed by atoms with van der Waals surface area (Å²) >= 11 is 0. The van der Waals surface area contributed by atoms with Gasteiger partial charge in [0.05, 0.1) is 6.54 Å². The van der Waals surface area contributed by atoms with Gasteiger partial charge >= 0.3 is 0 Å². The molecular formula is C9H18N3O2P. The van der Waals surface area contributed by atoms with Crippen LogP contribution in [-0.2, 0) is 9.59 Å². The zero-order valence-corrected chi connectivity index (χ0v) is 10.1. The molecule has 0 spiro atoms. The molecule has 1 rings (SSSR count). The second kappa shape index (κ2) is 6.03. The lowest BCUT2D eigenvalue weighted by molar-refractivity contribution is -0.123. The van der Waals surface area contributed by atoms with Gasteiger partial charge in [-0.2, -0.15) is 0 Å². The van der Waals surface area contributed by atoms with Crippen molar-refractivity contribution in [2.75, 3.05) is 13.1 Å².